The van der Waals surface area contributed by atoms with Crippen LogP contribution in [0, 0.1) is 5.92 Å². The number of aromatic nitrogens is 1. The number of hydrogen-bond donors (Lipinski definition) is 1. The molecule has 3 aliphatic heterocycles. The van der Waals surface area contributed by atoms with Gasteiger partial charge in [-0.05, 0) is 37.1 Å². The molecule has 0 saturated carbocycles. The van der Waals surface area contributed by atoms with Crippen molar-refractivity contribution < 1.29 is 19.1 Å². The first kappa shape index (κ1) is 18.7. The molecule has 30 heavy (non-hydrogen) atoms. The zero-order valence-electron chi connectivity index (χ0n) is 16.7. The number of hydrogen-bond acceptors (Lipinski definition) is 6. The molecule has 4 heterocycles. The van der Waals surface area contributed by atoms with E-state index >= 15 is 0 Å². The van der Waals surface area contributed by atoms with Crippen LogP contribution in [-0.4, -0.2) is 49.6 Å². The van der Waals surface area contributed by atoms with Gasteiger partial charge < -0.3 is 24.6 Å². The lowest BCUT2D eigenvalue weighted by Gasteiger charge is -2.22. The summed E-state index contributed by atoms with van der Waals surface area (Å²) in [5, 5.41) is 2.90. The standard InChI is InChI=1S/C22H24N4O4/c27-21-11-15(14-26(21)17-4-5-18-19(12-17)30-10-9-29-18)22(28)24-16-3-6-20(23-13-16)25-7-1-2-8-25/h3-6,12-13,15H,1-2,7-11,14H2,(H,24,28). The van der Waals surface area contributed by atoms with Crippen LogP contribution in [0.4, 0.5) is 17.2 Å². The highest BCUT2D eigenvalue weighted by Gasteiger charge is 2.35. The van der Waals surface area contributed by atoms with Crippen LogP contribution >= 0.6 is 0 Å². The SMILES string of the molecule is O=C(Nc1ccc(N2CCCC2)nc1)C1CC(=O)N(c2ccc3c(c2)OCCO3)C1. The van der Waals surface area contributed by atoms with Gasteiger partial charge >= 0.3 is 0 Å². The van der Waals surface area contributed by atoms with Crippen LogP contribution in [0.25, 0.3) is 0 Å². The molecule has 8 heteroatoms. The molecule has 1 atom stereocenters. The lowest BCUT2D eigenvalue weighted by Crippen LogP contribution is -2.28. The molecule has 156 valence electrons. The van der Waals surface area contributed by atoms with Gasteiger partial charge in [-0.3, -0.25) is 9.59 Å². The number of ether oxygens (including phenoxy) is 2. The molecule has 0 spiro atoms. The minimum Gasteiger partial charge on any atom is -0.486 e. The molecule has 2 amide bonds. The maximum atomic E-state index is 12.7. The maximum absolute atomic E-state index is 12.7. The Morgan fingerprint density at radius 1 is 1.07 bits per heavy atom. The molecule has 5 rings (SSSR count). The highest BCUT2D eigenvalue weighted by Crippen LogP contribution is 2.36. The second-order valence-corrected chi connectivity index (χ2v) is 7.82. The zero-order chi connectivity index (χ0) is 20.5. The second kappa shape index (κ2) is 7.85. The van der Waals surface area contributed by atoms with Gasteiger partial charge in [-0.2, -0.15) is 0 Å². The van der Waals surface area contributed by atoms with Gasteiger partial charge in [-0.15, -0.1) is 0 Å². The minimum absolute atomic E-state index is 0.0747. The van der Waals surface area contributed by atoms with Gasteiger partial charge in [0.2, 0.25) is 11.8 Å². The van der Waals surface area contributed by atoms with Crippen molar-refractivity contribution in [3.05, 3.63) is 36.5 Å². The van der Waals surface area contributed by atoms with Gasteiger partial charge in [0.25, 0.3) is 0 Å². The summed E-state index contributed by atoms with van der Waals surface area (Å²) >= 11 is 0. The fraction of sp³-hybridized carbons (Fsp3) is 0.409. The van der Waals surface area contributed by atoms with E-state index < -0.39 is 5.92 Å². The summed E-state index contributed by atoms with van der Waals surface area (Å²) in [5.74, 6) is 1.59. The van der Waals surface area contributed by atoms with Crippen LogP contribution in [0.2, 0.25) is 0 Å². The molecule has 0 bridgehead atoms. The first-order valence-corrected chi connectivity index (χ1v) is 10.4. The Morgan fingerprint density at radius 3 is 2.63 bits per heavy atom. The summed E-state index contributed by atoms with van der Waals surface area (Å²) < 4.78 is 11.1. The van der Waals surface area contributed by atoms with Crippen molar-refractivity contribution in [3.63, 3.8) is 0 Å². The molecule has 1 aromatic heterocycles. The normalized spacial score (nSPS) is 20.5. The third kappa shape index (κ3) is 3.65. The molecular formula is C22H24N4O4. The predicted molar refractivity (Wildman–Crippen MR) is 112 cm³/mol. The van der Waals surface area contributed by atoms with E-state index in [0.29, 0.717) is 36.9 Å². The summed E-state index contributed by atoms with van der Waals surface area (Å²) in [5.41, 5.74) is 1.37. The molecule has 0 aliphatic carbocycles. The maximum Gasteiger partial charge on any atom is 0.229 e. The van der Waals surface area contributed by atoms with Crippen LogP contribution < -0.4 is 24.6 Å². The second-order valence-electron chi connectivity index (χ2n) is 7.82. The Kier molecular flexibility index (Phi) is 4.90. The Labute approximate surface area is 174 Å². The molecule has 1 unspecified atom stereocenters. The molecular weight excluding hydrogens is 384 g/mol. The smallest absolute Gasteiger partial charge is 0.229 e. The zero-order valence-corrected chi connectivity index (χ0v) is 16.7. The van der Waals surface area contributed by atoms with Gasteiger partial charge in [-0.1, -0.05) is 0 Å². The largest absolute Gasteiger partial charge is 0.486 e. The van der Waals surface area contributed by atoms with Gasteiger partial charge in [-0.25, -0.2) is 4.98 Å². The molecule has 0 radical (unpaired) electrons. The third-order valence-corrected chi connectivity index (χ3v) is 5.78. The van der Waals surface area contributed by atoms with E-state index in [0.717, 1.165) is 24.6 Å². The number of nitrogens with one attached hydrogen (secondary N) is 1. The number of pyridine rings is 1. The average Bonchev–Trinajstić information content (AvgIpc) is 3.44. The summed E-state index contributed by atoms with van der Waals surface area (Å²) in [7, 11) is 0. The quantitative estimate of drug-likeness (QED) is 0.837. The molecule has 1 aromatic carbocycles. The Hall–Kier alpha value is -3.29. The molecule has 2 fully saturated rings. The number of amides is 2. The fourth-order valence-corrected chi connectivity index (χ4v) is 4.17. The Bertz CT molecular complexity index is 956. The monoisotopic (exact) mass is 408 g/mol. The van der Waals surface area contributed by atoms with Crippen LogP contribution in [0.5, 0.6) is 11.5 Å². The highest BCUT2D eigenvalue weighted by atomic mass is 16.6. The van der Waals surface area contributed by atoms with Crippen molar-refractivity contribution in [3.8, 4) is 11.5 Å². The topological polar surface area (TPSA) is 84.0 Å². The summed E-state index contributed by atoms with van der Waals surface area (Å²) in [6.45, 7) is 3.39. The van der Waals surface area contributed by atoms with Gasteiger partial charge in [0, 0.05) is 37.8 Å². The average molecular weight is 408 g/mol. The van der Waals surface area contributed by atoms with Crippen molar-refractivity contribution in [1.29, 1.82) is 0 Å². The van der Waals surface area contributed by atoms with E-state index in [2.05, 4.69) is 15.2 Å². The predicted octanol–water partition coefficient (Wildman–Crippen LogP) is 2.44. The van der Waals surface area contributed by atoms with Gasteiger partial charge in [0.05, 0.1) is 17.8 Å². The summed E-state index contributed by atoms with van der Waals surface area (Å²) in [6, 6.07) is 9.23. The Morgan fingerprint density at radius 2 is 1.87 bits per heavy atom. The summed E-state index contributed by atoms with van der Waals surface area (Å²) in [4.78, 5) is 33.6. The Balaban J connectivity index is 1.23. The lowest BCUT2D eigenvalue weighted by molar-refractivity contribution is -0.122. The summed E-state index contributed by atoms with van der Waals surface area (Å²) in [6.07, 6.45) is 4.24. The van der Waals surface area contributed by atoms with E-state index in [-0.39, 0.29) is 18.2 Å². The van der Waals surface area contributed by atoms with E-state index in [1.165, 1.54) is 12.8 Å². The van der Waals surface area contributed by atoms with E-state index in [9.17, 15) is 9.59 Å². The van der Waals surface area contributed by atoms with Gasteiger partial charge in [0.1, 0.15) is 19.0 Å². The minimum atomic E-state index is -0.413. The lowest BCUT2D eigenvalue weighted by atomic mass is 10.1. The van der Waals surface area contributed by atoms with Crippen molar-refractivity contribution >= 4 is 29.0 Å². The highest BCUT2D eigenvalue weighted by molar-refractivity contribution is 6.03. The fourth-order valence-electron chi connectivity index (χ4n) is 4.17. The number of fused-ring (bicyclic) bond motifs is 1. The number of benzene rings is 1. The molecule has 2 saturated heterocycles. The van der Waals surface area contributed by atoms with Crippen molar-refractivity contribution in [2.24, 2.45) is 5.92 Å². The number of carbonyl (C=O) groups excluding carboxylic acids is 2. The van der Waals surface area contributed by atoms with Crippen LogP contribution in [0.15, 0.2) is 36.5 Å². The van der Waals surface area contributed by atoms with Crippen LogP contribution in [0.3, 0.4) is 0 Å². The van der Waals surface area contributed by atoms with E-state index in [1.807, 2.05) is 18.2 Å². The number of carbonyl (C=O) groups is 2. The molecule has 2 aromatic rings. The van der Waals surface area contributed by atoms with Crippen molar-refractivity contribution in [2.75, 3.05) is 48.0 Å². The molecule has 3 aliphatic rings. The van der Waals surface area contributed by atoms with E-state index in [1.54, 1.807) is 23.2 Å². The number of nitrogens with zero attached hydrogens (tertiary/aromatic N) is 3. The first-order chi connectivity index (χ1) is 14.7. The molecule has 1 N–H and O–H groups in total. The third-order valence-electron chi connectivity index (χ3n) is 5.78. The van der Waals surface area contributed by atoms with E-state index in [4.69, 9.17) is 9.47 Å². The van der Waals surface area contributed by atoms with Crippen molar-refractivity contribution in [1.82, 2.24) is 4.98 Å². The van der Waals surface area contributed by atoms with Crippen LogP contribution in [-0.2, 0) is 9.59 Å². The first-order valence-electron chi connectivity index (χ1n) is 10.4. The van der Waals surface area contributed by atoms with Crippen LogP contribution in [0.1, 0.15) is 19.3 Å². The number of anilines is 3. The molecule has 8 nitrogen and oxygen atoms in total. The van der Waals surface area contributed by atoms with Gasteiger partial charge in [0.15, 0.2) is 11.5 Å². The number of rotatable bonds is 4. The van der Waals surface area contributed by atoms with Crippen molar-refractivity contribution in [2.45, 2.75) is 19.3 Å².